The molecule has 14 heteroatoms. The molecule has 0 unspecified atom stereocenters. The summed E-state index contributed by atoms with van der Waals surface area (Å²) < 4.78 is 68.1. The highest BCUT2D eigenvalue weighted by Crippen LogP contribution is 2.37. The van der Waals surface area contributed by atoms with Gasteiger partial charge in [-0.2, -0.15) is 22.6 Å². The monoisotopic (exact) mass is 618 g/mol. The second-order valence-corrected chi connectivity index (χ2v) is 13.4. The van der Waals surface area contributed by atoms with E-state index in [1.807, 2.05) is 6.20 Å². The van der Waals surface area contributed by atoms with Crippen LogP contribution in [0.4, 0.5) is 13.2 Å². The lowest BCUT2D eigenvalue weighted by Crippen LogP contribution is -2.40. The molecule has 43 heavy (non-hydrogen) atoms. The average molecular weight is 619 g/mol. The molecule has 1 fully saturated rings. The lowest BCUT2D eigenvalue weighted by Gasteiger charge is -2.33. The van der Waals surface area contributed by atoms with Crippen LogP contribution in [0.2, 0.25) is 0 Å². The third-order valence-electron chi connectivity index (χ3n) is 8.51. The lowest BCUT2D eigenvalue weighted by atomic mass is 9.88. The molecule has 0 saturated carbocycles. The van der Waals surface area contributed by atoms with Crippen LogP contribution in [0.1, 0.15) is 41.1 Å². The number of hydrogen-bond acceptors (Lipinski definition) is 7. The first kappa shape index (κ1) is 29.6. The Morgan fingerprint density at radius 3 is 2.47 bits per heavy atom. The number of fused-ring (bicyclic) bond motifs is 2. The van der Waals surface area contributed by atoms with Gasteiger partial charge in [-0.05, 0) is 55.6 Å². The summed E-state index contributed by atoms with van der Waals surface area (Å²) in [4.78, 5) is 6.67. The molecule has 5 heterocycles. The molecule has 10 nitrogen and oxygen atoms in total. The number of aliphatic hydroxyl groups is 1. The number of pyridine rings is 1. The molecule has 4 aliphatic heterocycles. The molecular formula is C29H33F3N6O4S. The van der Waals surface area contributed by atoms with Crippen LogP contribution in [0.25, 0.3) is 22.5 Å². The summed E-state index contributed by atoms with van der Waals surface area (Å²) in [6.45, 7) is 2.47. The third kappa shape index (κ3) is 6.14. The molecule has 1 aromatic heterocycles. The minimum absolute atomic E-state index is 0.0652. The van der Waals surface area contributed by atoms with E-state index in [-0.39, 0.29) is 19.6 Å². The zero-order chi connectivity index (χ0) is 30.5. The molecule has 1 atom stereocenters. The zero-order valence-electron chi connectivity index (χ0n) is 23.6. The molecule has 1 aromatic carbocycles. The minimum Gasteiger partial charge on any atom is -0.429 e. The van der Waals surface area contributed by atoms with Crippen LogP contribution in [0, 0.1) is 0 Å². The molecule has 2 aromatic rings. The van der Waals surface area contributed by atoms with Crippen molar-refractivity contribution in [1.29, 1.82) is 0 Å². The maximum absolute atomic E-state index is 13.1. The van der Waals surface area contributed by atoms with E-state index < -0.39 is 27.9 Å². The lowest BCUT2D eigenvalue weighted by molar-refractivity contribution is -0.137. The van der Waals surface area contributed by atoms with Crippen LogP contribution in [-0.2, 0) is 35.7 Å². The minimum atomic E-state index is -4.47. The number of aliphatic hydroxyl groups excluding tert-OH is 1. The van der Waals surface area contributed by atoms with E-state index in [2.05, 4.69) is 9.88 Å². The van der Waals surface area contributed by atoms with Gasteiger partial charge in [-0.3, -0.25) is 9.67 Å². The predicted molar refractivity (Wildman–Crippen MR) is 152 cm³/mol. The van der Waals surface area contributed by atoms with Crippen molar-refractivity contribution in [2.45, 2.75) is 50.6 Å². The van der Waals surface area contributed by atoms with Crippen LogP contribution < -0.4 is 0 Å². The second kappa shape index (κ2) is 11.2. The van der Waals surface area contributed by atoms with Gasteiger partial charge >= 0.3 is 6.18 Å². The number of likely N-dealkylation sites (tertiary alicyclic amines) is 1. The number of hydrogen-bond donors (Lipinski definition) is 2. The van der Waals surface area contributed by atoms with Gasteiger partial charge in [0.2, 0.25) is 10.0 Å². The molecule has 0 bridgehead atoms. The molecule has 0 spiro atoms. The Kier molecular flexibility index (Phi) is 7.73. The van der Waals surface area contributed by atoms with Crippen molar-refractivity contribution in [3.63, 3.8) is 0 Å². The summed E-state index contributed by atoms with van der Waals surface area (Å²) >= 11 is 0. The van der Waals surface area contributed by atoms with Crippen LogP contribution in [0.5, 0.6) is 0 Å². The highest BCUT2D eigenvalue weighted by atomic mass is 32.2. The van der Waals surface area contributed by atoms with Gasteiger partial charge in [-0.15, -0.1) is 0 Å². The second-order valence-electron chi connectivity index (χ2n) is 11.4. The maximum atomic E-state index is 13.1. The van der Waals surface area contributed by atoms with Crippen molar-refractivity contribution in [3.8, 4) is 22.5 Å². The first-order chi connectivity index (χ1) is 20.4. The molecule has 230 valence electrons. The van der Waals surface area contributed by atoms with Crippen molar-refractivity contribution in [1.82, 2.24) is 28.7 Å². The summed E-state index contributed by atoms with van der Waals surface area (Å²) in [5, 5.41) is 25.6. The van der Waals surface area contributed by atoms with Gasteiger partial charge in [0.25, 0.3) is 0 Å². The Morgan fingerprint density at radius 2 is 1.79 bits per heavy atom. The van der Waals surface area contributed by atoms with Crippen molar-refractivity contribution in [3.05, 3.63) is 71.3 Å². The number of nitrogens with zero attached hydrogens (tertiary/aromatic N) is 6. The quantitative estimate of drug-likeness (QED) is 0.304. The Balaban J connectivity index is 1.16. The van der Waals surface area contributed by atoms with Crippen molar-refractivity contribution in [2.24, 2.45) is 0 Å². The smallest absolute Gasteiger partial charge is 0.416 e. The van der Waals surface area contributed by atoms with E-state index in [4.69, 9.17) is 5.10 Å². The SMILES string of the molecule is CS(=O)(=O)N1CCc2c(c(-c3ccc(C(F)(F)F)cc3)nn2C[C@H](O)CN2CCC(c3cnc4ccn(O)cc3-4)CC2)C1. The van der Waals surface area contributed by atoms with E-state index in [9.17, 15) is 31.9 Å². The summed E-state index contributed by atoms with van der Waals surface area (Å²) in [7, 11) is -3.49. The Bertz CT molecular complexity index is 1680. The predicted octanol–water partition coefficient (Wildman–Crippen LogP) is 3.67. The summed E-state index contributed by atoms with van der Waals surface area (Å²) in [6.07, 6.45) is 3.13. The number of rotatable bonds is 7. The number of halogens is 3. The summed E-state index contributed by atoms with van der Waals surface area (Å²) in [6, 6.07) is 6.46. The first-order valence-corrected chi connectivity index (χ1v) is 16.0. The van der Waals surface area contributed by atoms with Crippen LogP contribution in [0.15, 0.2) is 48.9 Å². The zero-order valence-corrected chi connectivity index (χ0v) is 24.4. The van der Waals surface area contributed by atoms with E-state index in [0.717, 1.165) is 71.6 Å². The van der Waals surface area contributed by atoms with E-state index >= 15 is 0 Å². The number of sulfonamides is 1. The number of piperidine rings is 1. The summed E-state index contributed by atoms with van der Waals surface area (Å²) in [5.41, 5.74) is 4.41. The number of benzene rings is 1. The fraction of sp³-hybridized carbons (Fsp3) is 0.448. The molecule has 0 radical (unpaired) electrons. The highest BCUT2D eigenvalue weighted by Gasteiger charge is 2.33. The Morgan fingerprint density at radius 1 is 1.07 bits per heavy atom. The maximum Gasteiger partial charge on any atom is 0.416 e. The van der Waals surface area contributed by atoms with Gasteiger partial charge in [0.1, 0.15) is 0 Å². The molecule has 0 amide bonds. The van der Waals surface area contributed by atoms with E-state index in [0.29, 0.717) is 35.7 Å². The average Bonchev–Trinajstić information content (AvgIpc) is 3.53. The molecule has 4 aliphatic rings. The largest absolute Gasteiger partial charge is 0.429 e. The molecule has 1 saturated heterocycles. The third-order valence-corrected chi connectivity index (χ3v) is 9.76. The van der Waals surface area contributed by atoms with Crippen LogP contribution in [-0.4, -0.2) is 86.0 Å². The fourth-order valence-corrected chi connectivity index (χ4v) is 7.06. The van der Waals surface area contributed by atoms with Crippen LogP contribution in [0.3, 0.4) is 0 Å². The normalized spacial score (nSPS) is 18.3. The van der Waals surface area contributed by atoms with Gasteiger partial charge in [0, 0.05) is 60.8 Å². The highest BCUT2D eigenvalue weighted by molar-refractivity contribution is 7.88. The summed E-state index contributed by atoms with van der Waals surface area (Å²) in [5.74, 6) is 0.294. The Labute approximate surface area is 247 Å². The van der Waals surface area contributed by atoms with Crippen molar-refractivity contribution in [2.75, 3.05) is 32.4 Å². The van der Waals surface area contributed by atoms with Crippen molar-refractivity contribution >= 4 is 10.0 Å². The Hall–Kier alpha value is -3.46. The topological polar surface area (TPSA) is 117 Å². The fourth-order valence-electron chi connectivity index (χ4n) is 6.28. The standard InChI is InChI=1S/C29H33F3N6O4S/c1-43(41,42)37-13-9-27-25(18-37)28(20-2-4-21(5-3-20)29(30,31)32)34-38(27)16-22(39)15-35-10-6-19(7-11-35)23-14-33-26-8-12-36(40)17-24(23)26/h2-5,8,12,14,17,19,22,39-40H,6-7,9-11,13,15-16,18H2,1H3/t22-/m1/s1. The van der Waals surface area contributed by atoms with Gasteiger partial charge in [0.05, 0.1) is 42.1 Å². The van der Waals surface area contributed by atoms with Gasteiger partial charge < -0.3 is 15.2 Å². The van der Waals surface area contributed by atoms with Crippen molar-refractivity contribution < 1.29 is 31.9 Å². The first-order valence-electron chi connectivity index (χ1n) is 14.1. The molecule has 6 rings (SSSR count). The van der Waals surface area contributed by atoms with Gasteiger partial charge in [0.15, 0.2) is 0 Å². The number of aromatic nitrogens is 4. The van der Waals surface area contributed by atoms with E-state index in [1.54, 1.807) is 23.1 Å². The molecular weight excluding hydrogens is 585 g/mol. The number of alkyl halides is 3. The van der Waals surface area contributed by atoms with Gasteiger partial charge in [-0.25, -0.2) is 13.1 Å². The van der Waals surface area contributed by atoms with E-state index in [1.165, 1.54) is 16.4 Å². The van der Waals surface area contributed by atoms with Crippen LogP contribution >= 0.6 is 0 Å². The number of β-amino-alcohol motifs (C(OH)–C–C–N with tert-alkyl or cyclic N) is 1. The molecule has 2 N–H and O–H groups in total. The molecule has 0 aliphatic carbocycles. The van der Waals surface area contributed by atoms with Gasteiger partial charge in [-0.1, -0.05) is 12.1 Å².